The van der Waals surface area contributed by atoms with E-state index in [1.807, 2.05) is 0 Å². The summed E-state index contributed by atoms with van der Waals surface area (Å²) in [7, 11) is 0. The summed E-state index contributed by atoms with van der Waals surface area (Å²) in [4.78, 5) is 0. The number of rotatable bonds is 4. The Kier molecular flexibility index (Phi) is 4.66. The van der Waals surface area contributed by atoms with Crippen LogP contribution in [-0.4, -0.2) is 0 Å². The van der Waals surface area contributed by atoms with Gasteiger partial charge in [-0.05, 0) is 30.5 Å². The Morgan fingerprint density at radius 3 is 2.61 bits per heavy atom. The van der Waals surface area contributed by atoms with Crippen molar-refractivity contribution in [1.82, 2.24) is 5.43 Å². The molecule has 2 rings (SSSR count). The van der Waals surface area contributed by atoms with Crippen molar-refractivity contribution in [2.24, 2.45) is 11.8 Å². The lowest BCUT2D eigenvalue weighted by Gasteiger charge is -2.26. The van der Waals surface area contributed by atoms with Crippen LogP contribution in [0.1, 0.15) is 50.1 Å². The van der Waals surface area contributed by atoms with Crippen LogP contribution in [0.25, 0.3) is 0 Å². The van der Waals surface area contributed by atoms with E-state index in [2.05, 4.69) is 5.43 Å². The molecule has 2 nitrogen and oxygen atoms in total. The van der Waals surface area contributed by atoms with E-state index in [0.29, 0.717) is 11.5 Å². The Morgan fingerprint density at radius 1 is 1.22 bits per heavy atom. The molecule has 0 spiro atoms. The highest BCUT2D eigenvalue weighted by molar-refractivity contribution is 5.22. The van der Waals surface area contributed by atoms with E-state index >= 15 is 0 Å². The van der Waals surface area contributed by atoms with E-state index in [1.54, 1.807) is 0 Å². The fourth-order valence-corrected chi connectivity index (χ4v) is 2.82. The van der Waals surface area contributed by atoms with Gasteiger partial charge in [-0.2, -0.15) is 0 Å². The average molecular weight is 254 g/mol. The third-order valence-corrected chi connectivity index (χ3v) is 3.83. The van der Waals surface area contributed by atoms with Gasteiger partial charge in [0.1, 0.15) is 11.6 Å². The van der Waals surface area contributed by atoms with E-state index in [-0.39, 0.29) is 6.04 Å². The van der Waals surface area contributed by atoms with Gasteiger partial charge in [-0.3, -0.25) is 11.3 Å². The largest absolute Gasteiger partial charge is 0.271 e. The zero-order chi connectivity index (χ0) is 13.0. The van der Waals surface area contributed by atoms with Gasteiger partial charge in [0, 0.05) is 11.6 Å². The molecule has 0 saturated heterocycles. The van der Waals surface area contributed by atoms with E-state index < -0.39 is 11.6 Å². The summed E-state index contributed by atoms with van der Waals surface area (Å²) in [5.74, 6) is 5.25. The number of hydrazine groups is 1. The van der Waals surface area contributed by atoms with Crippen LogP contribution in [0.5, 0.6) is 0 Å². The maximum Gasteiger partial charge on any atom is 0.128 e. The summed E-state index contributed by atoms with van der Waals surface area (Å²) in [6.07, 6.45) is 6.84. The molecular weight excluding hydrogens is 234 g/mol. The first kappa shape index (κ1) is 13.4. The molecule has 1 saturated carbocycles. The minimum absolute atomic E-state index is 0.302. The fourth-order valence-electron chi connectivity index (χ4n) is 2.82. The lowest BCUT2D eigenvalue weighted by atomic mass is 9.83. The van der Waals surface area contributed by atoms with Crippen molar-refractivity contribution in [3.63, 3.8) is 0 Å². The van der Waals surface area contributed by atoms with Gasteiger partial charge in [0.15, 0.2) is 0 Å². The van der Waals surface area contributed by atoms with Crippen LogP contribution in [-0.2, 0) is 0 Å². The van der Waals surface area contributed by atoms with Gasteiger partial charge in [0.25, 0.3) is 0 Å². The van der Waals surface area contributed by atoms with Crippen LogP contribution >= 0.6 is 0 Å². The normalized spacial score (nSPS) is 18.8. The van der Waals surface area contributed by atoms with Gasteiger partial charge >= 0.3 is 0 Å². The molecule has 1 aromatic rings. The van der Waals surface area contributed by atoms with Crippen LogP contribution in [0.3, 0.4) is 0 Å². The molecule has 1 aliphatic carbocycles. The van der Waals surface area contributed by atoms with Crippen LogP contribution in [0.4, 0.5) is 8.78 Å². The number of halogens is 2. The van der Waals surface area contributed by atoms with Gasteiger partial charge < -0.3 is 0 Å². The average Bonchev–Trinajstić information content (AvgIpc) is 2.40. The van der Waals surface area contributed by atoms with Gasteiger partial charge in [0.05, 0.1) is 0 Å². The summed E-state index contributed by atoms with van der Waals surface area (Å²) in [5, 5.41) is 0. The molecule has 18 heavy (non-hydrogen) atoms. The lowest BCUT2D eigenvalue weighted by Crippen LogP contribution is -2.31. The first-order valence-corrected chi connectivity index (χ1v) is 6.62. The van der Waals surface area contributed by atoms with Gasteiger partial charge in [0.2, 0.25) is 0 Å². The van der Waals surface area contributed by atoms with Crippen LogP contribution in [0.2, 0.25) is 0 Å². The van der Waals surface area contributed by atoms with Crippen LogP contribution in [0.15, 0.2) is 18.2 Å². The van der Waals surface area contributed by atoms with E-state index in [9.17, 15) is 8.78 Å². The molecule has 1 aliphatic rings. The molecule has 0 radical (unpaired) electrons. The highest BCUT2D eigenvalue weighted by Gasteiger charge is 2.21. The Morgan fingerprint density at radius 2 is 1.94 bits per heavy atom. The quantitative estimate of drug-likeness (QED) is 0.638. The molecule has 1 aromatic carbocycles. The second-order valence-corrected chi connectivity index (χ2v) is 5.12. The van der Waals surface area contributed by atoms with E-state index in [4.69, 9.17) is 5.84 Å². The van der Waals surface area contributed by atoms with Crippen molar-refractivity contribution in [1.29, 1.82) is 0 Å². The molecule has 4 heteroatoms. The predicted molar refractivity (Wildman–Crippen MR) is 67.6 cm³/mol. The predicted octanol–water partition coefficient (Wildman–Crippen LogP) is 3.44. The Bertz CT molecular complexity index is 389. The maximum absolute atomic E-state index is 13.7. The van der Waals surface area contributed by atoms with E-state index in [0.717, 1.165) is 31.4 Å². The standard InChI is InChI=1S/C14H20F2N2/c15-11-6-7-13(16)12(9-11)14(18-17)8-10-4-2-1-3-5-10/h6-7,9-10,14,18H,1-5,8,17H2. The second kappa shape index (κ2) is 6.25. The molecule has 0 bridgehead atoms. The van der Waals surface area contributed by atoms with Crippen molar-refractivity contribution in [3.05, 3.63) is 35.4 Å². The summed E-state index contributed by atoms with van der Waals surface area (Å²) in [6.45, 7) is 0. The van der Waals surface area contributed by atoms with Crippen molar-refractivity contribution in [2.75, 3.05) is 0 Å². The molecule has 0 amide bonds. The molecule has 0 aliphatic heterocycles. The van der Waals surface area contributed by atoms with Gasteiger partial charge in [-0.15, -0.1) is 0 Å². The molecule has 100 valence electrons. The molecule has 3 N–H and O–H groups in total. The fraction of sp³-hybridized carbons (Fsp3) is 0.571. The molecule has 1 fully saturated rings. The smallest absolute Gasteiger partial charge is 0.128 e. The highest BCUT2D eigenvalue weighted by atomic mass is 19.1. The second-order valence-electron chi connectivity index (χ2n) is 5.12. The SMILES string of the molecule is NNC(CC1CCCCC1)c1cc(F)ccc1F. The summed E-state index contributed by atoms with van der Waals surface area (Å²) in [6, 6.07) is 3.23. The third-order valence-electron chi connectivity index (χ3n) is 3.83. The van der Waals surface area contributed by atoms with Crippen molar-refractivity contribution in [2.45, 2.75) is 44.6 Å². The first-order valence-electron chi connectivity index (χ1n) is 6.62. The minimum Gasteiger partial charge on any atom is -0.271 e. The summed E-state index contributed by atoms with van der Waals surface area (Å²) >= 11 is 0. The van der Waals surface area contributed by atoms with Crippen molar-refractivity contribution in [3.8, 4) is 0 Å². The highest BCUT2D eigenvalue weighted by Crippen LogP contribution is 2.32. The monoisotopic (exact) mass is 254 g/mol. The molecule has 0 aromatic heterocycles. The molecule has 0 heterocycles. The summed E-state index contributed by atoms with van der Waals surface area (Å²) in [5.41, 5.74) is 2.96. The Balaban J connectivity index is 2.09. The zero-order valence-corrected chi connectivity index (χ0v) is 10.5. The first-order chi connectivity index (χ1) is 8.70. The number of nitrogens with two attached hydrogens (primary N) is 1. The van der Waals surface area contributed by atoms with E-state index in [1.165, 1.54) is 25.3 Å². The number of benzene rings is 1. The minimum atomic E-state index is -0.421. The molecule has 1 atom stereocenters. The molecule has 1 unspecified atom stereocenters. The van der Waals surface area contributed by atoms with Gasteiger partial charge in [-0.1, -0.05) is 32.1 Å². The third kappa shape index (κ3) is 3.27. The van der Waals surface area contributed by atoms with Crippen LogP contribution in [0, 0.1) is 17.6 Å². The van der Waals surface area contributed by atoms with Crippen molar-refractivity contribution >= 4 is 0 Å². The number of hydrogen-bond donors (Lipinski definition) is 2. The maximum atomic E-state index is 13.7. The Labute approximate surface area is 107 Å². The topological polar surface area (TPSA) is 38.0 Å². The number of nitrogens with one attached hydrogen (secondary N) is 1. The Hall–Kier alpha value is -1.00. The zero-order valence-electron chi connectivity index (χ0n) is 10.5. The summed E-state index contributed by atoms with van der Waals surface area (Å²) < 4.78 is 26.9. The molecular formula is C14H20F2N2. The number of hydrogen-bond acceptors (Lipinski definition) is 2. The van der Waals surface area contributed by atoms with Crippen molar-refractivity contribution < 1.29 is 8.78 Å². The van der Waals surface area contributed by atoms with Crippen LogP contribution < -0.4 is 11.3 Å². The lowest BCUT2D eigenvalue weighted by molar-refractivity contribution is 0.297. The van der Waals surface area contributed by atoms with Gasteiger partial charge in [-0.25, -0.2) is 8.78 Å².